The summed E-state index contributed by atoms with van der Waals surface area (Å²) >= 11 is 0. The van der Waals surface area contributed by atoms with Gasteiger partial charge in [0.05, 0.1) is 17.5 Å². The van der Waals surface area contributed by atoms with Gasteiger partial charge in [0.2, 0.25) is 0 Å². The summed E-state index contributed by atoms with van der Waals surface area (Å²) in [5.74, 6) is -0.320. The average Bonchev–Trinajstić information content (AvgIpc) is 3.31. The number of hydrogen-bond acceptors (Lipinski definition) is 5. The highest BCUT2D eigenvalue weighted by Gasteiger charge is 2.25. The van der Waals surface area contributed by atoms with Gasteiger partial charge in [0.15, 0.2) is 0 Å². The van der Waals surface area contributed by atoms with Crippen molar-refractivity contribution in [2.75, 3.05) is 44.2 Å². The number of aryl methyl sites for hydroxylation is 1. The first-order valence-corrected chi connectivity index (χ1v) is 13.7. The van der Waals surface area contributed by atoms with Crippen LogP contribution in [-0.2, 0) is 0 Å². The van der Waals surface area contributed by atoms with Crippen LogP contribution in [-0.4, -0.2) is 70.8 Å². The Morgan fingerprint density at radius 2 is 1.60 bits per heavy atom. The van der Waals surface area contributed by atoms with Crippen LogP contribution in [0.5, 0.6) is 0 Å². The number of amides is 1. The van der Waals surface area contributed by atoms with Gasteiger partial charge in [-0.1, -0.05) is 54.6 Å². The number of nitrogens with zero attached hydrogens (tertiary/aromatic N) is 4. The van der Waals surface area contributed by atoms with Crippen molar-refractivity contribution >= 4 is 11.6 Å². The molecule has 2 N–H and O–H groups in total. The van der Waals surface area contributed by atoms with Crippen molar-refractivity contribution in [3.05, 3.63) is 101 Å². The molecule has 40 heavy (non-hydrogen) atoms. The van der Waals surface area contributed by atoms with E-state index in [4.69, 9.17) is 0 Å². The lowest BCUT2D eigenvalue weighted by molar-refractivity contribution is 0.0847. The summed E-state index contributed by atoms with van der Waals surface area (Å²) in [5, 5.41) is 13.6. The maximum Gasteiger partial charge on any atom is 0.271 e. The monoisotopic (exact) mass is 541 g/mol. The van der Waals surface area contributed by atoms with Crippen LogP contribution in [0.3, 0.4) is 0 Å². The van der Waals surface area contributed by atoms with Crippen LogP contribution >= 0.6 is 0 Å². The second-order valence-electron chi connectivity index (χ2n) is 10.4. The van der Waals surface area contributed by atoms with Crippen molar-refractivity contribution in [1.29, 1.82) is 0 Å². The zero-order chi connectivity index (χ0) is 28.2. The van der Waals surface area contributed by atoms with Crippen molar-refractivity contribution in [3.63, 3.8) is 0 Å². The summed E-state index contributed by atoms with van der Waals surface area (Å²) in [5.41, 5.74) is 5.69. The molecule has 3 aromatic carbocycles. The Balaban J connectivity index is 1.23. The van der Waals surface area contributed by atoms with Gasteiger partial charge < -0.3 is 15.3 Å². The molecule has 2 heterocycles. The first kappa shape index (κ1) is 27.6. The van der Waals surface area contributed by atoms with E-state index in [0.717, 1.165) is 31.7 Å². The maximum absolute atomic E-state index is 14.8. The normalized spacial score (nSPS) is 14.8. The topological polar surface area (TPSA) is 73.6 Å². The standard InChI is InChI=1S/C32H36FN5O2/c1-22-10-9-15-28(23(22)2)37-18-16-36(17-19-37)21-26(39)20-34-32(40)30-24(3)38(29-14-8-7-13-27(29)33)31(35-30)25-11-5-4-6-12-25/h4-15,26,39H,16-21H2,1-3H3,(H,34,40). The summed E-state index contributed by atoms with van der Waals surface area (Å²) in [6, 6.07) is 22.3. The molecule has 208 valence electrons. The Bertz CT molecular complexity index is 1480. The molecule has 1 aromatic heterocycles. The number of rotatable bonds is 8. The largest absolute Gasteiger partial charge is 0.390 e. The number of halogens is 1. The van der Waals surface area contributed by atoms with Gasteiger partial charge in [0, 0.05) is 50.5 Å². The van der Waals surface area contributed by atoms with E-state index in [1.165, 1.54) is 22.9 Å². The quantitative estimate of drug-likeness (QED) is 0.343. The zero-order valence-corrected chi connectivity index (χ0v) is 23.3. The van der Waals surface area contributed by atoms with Crippen LogP contribution < -0.4 is 10.2 Å². The highest BCUT2D eigenvalue weighted by molar-refractivity contribution is 5.94. The van der Waals surface area contributed by atoms with Crippen LogP contribution in [0.25, 0.3) is 17.1 Å². The smallest absolute Gasteiger partial charge is 0.271 e. The minimum atomic E-state index is -0.723. The van der Waals surface area contributed by atoms with Crippen LogP contribution in [0.2, 0.25) is 0 Å². The number of carbonyl (C=O) groups is 1. The Morgan fingerprint density at radius 1 is 0.925 bits per heavy atom. The van der Waals surface area contributed by atoms with Gasteiger partial charge in [0.25, 0.3) is 5.91 Å². The fraction of sp³-hybridized carbons (Fsp3) is 0.312. The Labute approximate surface area is 234 Å². The molecule has 1 saturated heterocycles. The number of aliphatic hydroxyl groups excluding tert-OH is 1. The third-order valence-electron chi connectivity index (χ3n) is 7.70. The minimum Gasteiger partial charge on any atom is -0.390 e. The highest BCUT2D eigenvalue weighted by Crippen LogP contribution is 2.28. The molecule has 1 atom stereocenters. The molecule has 1 unspecified atom stereocenters. The number of aromatic nitrogens is 2. The van der Waals surface area contributed by atoms with E-state index in [9.17, 15) is 14.3 Å². The van der Waals surface area contributed by atoms with Crippen LogP contribution in [0.4, 0.5) is 10.1 Å². The van der Waals surface area contributed by atoms with E-state index in [2.05, 4.69) is 52.1 Å². The van der Waals surface area contributed by atoms with Gasteiger partial charge in [-0.3, -0.25) is 14.3 Å². The number of aliphatic hydroxyl groups is 1. The van der Waals surface area contributed by atoms with Crippen molar-refractivity contribution < 1.29 is 14.3 Å². The van der Waals surface area contributed by atoms with E-state index >= 15 is 0 Å². The molecule has 5 rings (SSSR count). The molecule has 1 aliphatic heterocycles. The molecule has 1 amide bonds. The molecule has 7 nitrogen and oxygen atoms in total. The molecule has 4 aromatic rings. The van der Waals surface area contributed by atoms with Gasteiger partial charge in [-0.15, -0.1) is 0 Å². The van der Waals surface area contributed by atoms with Gasteiger partial charge in [-0.25, -0.2) is 9.37 Å². The zero-order valence-electron chi connectivity index (χ0n) is 23.3. The molecule has 0 bridgehead atoms. The lowest BCUT2D eigenvalue weighted by Crippen LogP contribution is -2.50. The van der Waals surface area contributed by atoms with Crippen LogP contribution in [0, 0.1) is 26.6 Å². The van der Waals surface area contributed by atoms with E-state index in [-0.39, 0.29) is 12.2 Å². The predicted molar refractivity (Wildman–Crippen MR) is 157 cm³/mol. The molecule has 8 heteroatoms. The molecular formula is C32H36FN5O2. The summed E-state index contributed by atoms with van der Waals surface area (Å²) < 4.78 is 16.5. The SMILES string of the molecule is Cc1cccc(N2CCN(CC(O)CNC(=O)c3nc(-c4ccccc4)n(-c4ccccc4F)c3C)CC2)c1C. The Morgan fingerprint density at radius 3 is 2.33 bits per heavy atom. The second-order valence-corrected chi connectivity index (χ2v) is 10.4. The second kappa shape index (κ2) is 12.0. The van der Waals surface area contributed by atoms with Crippen molar-refractivity contribution in [2.24, 2.45) is 0 Å². The minimum absolute atomic E-state index is 0.0999. The number of para-hydroxylation sites is 1. The van der Waals surface area contributed by atoms with E-state index in [1.807, 2.05) is 30.3 Å². The van der Waals surface area contributed by atoms with E-state index in [1.54, 1.807) is 29.7 Å². The molecule has 0 saturated carbocycles. The summed E-state index contributed by atoms with van der Waals surface area (Å²) in [6.45, 7) is 10.1. The molecular weight excluding hydrogens is 505 g/mol. The first-order valence-electron chi connectivity index (χ1n) is 13.7. The molecule has 0 aliphatic carbocycles. The lowest BCUT2D eigenvalue weighted by atomic mass is 10.1. The fourth-order valence-corrected chi connectivity index (χ4v) is 5.33. The van der Waals surface area contributed by atoms with Crippen LogP contribution in [0.1, 0.15) is 27.3 Å². The van der Waals surface area contributed by atoms with Gasteiger partial charge in [-0.2, -0.15) is 0 Å². The number of β-amino-alcohol motifs (C(OH)–C–C–N with tert-alkyl or cyclic N) is 1. The molecule has 0 spiro atoms. The highest BCUT2D eigenvalue weighted by atomic mass is 19.1. The molecule has 0 radical (unpaired) electrons. The first-order chi connectivity index (χ1) is 19.3. The van der Waals surface area contributed by atoms with E-state index in [0.29, 0.717) is 23.8 Å². The third-order valence-corrected chi connectivity index (χ3v) is 7.70. The Kier molecular flexibility index (Phi) is 8.28. The predicted octanol–water partition coefficient (Wildman–Crippen LogP) is 4.52. The number of piperazine rings is 1. The number of nitrogens with one attached hydrogen (secondary N) is 1. The Hall–Kier alpha value is -4.01. The lowest BCUT2D eigenvalue weighted by Gasteiger charge is -2.37. The number of anilines is 1. The van der Waals surface area contributed by atoms with Crippen molar-refractivity contribution in [1.82, 2.24) is 19.8 Å². The number of imidazole rings is 1. The summed E-state index contributed by atoms with van der Waals surface area (Å²) in [4.78, 5) is 22.5. The third kappa shape index (κ3) is 5.78. The summed E-state index contributed by atoms with van der Waals surface area (Å²) in [6.07, 6.45) is -0.723. The number of benzene rings is 3. The van der Waals surface area contributed by atoms with Crippen molar-refractivity contribution in [2.45, 2.75) is 26.9 Å². The van der Waals surface area contributed by atoms with Gasteiger partial charge in [0.1, 0.15) is 17.3 Å². The van der Waals surface area contributed by atoms with Gasteiger partial charge >= 0.3 is 0 Å². The number of carbonyl (C=O) groups excluding carboxylic acids is 1. The summed E-state index contributed by atoms with van der Waals surface area (Å²) in [7, 11) is 0. The van der Waals surface area contributed by atoms with Gasteiger partial charge in [-0.05, 0) is 50.1 Å². The van der Waals surface area contributed by atoms with E-state index < -0.39 is 17.8 Å². The van der Waals surface area contributed by atoms with Crippen molar-refractivity contribution in [3.8, 4) is 17.1 Å². The maximum atomic E-state index is 14.8. The molecule has 1 fully saturated rings. The fourth-order valence-electron chi connectivity index (χ4n) is 5.33. The van der Waals surface area contributed by atoms with Crippen LogP contribution in [0.15, 0.2) is 72.8 Å². The average molecular weight is 542 g/mol. The molecule has 1 aliphatic rings. The number of hydrogen-bond donors (Lipinski definition) is 2.